The van der Waals surface area contributed by atoms with E-state index in [2.05, 4.69) is 20.8 Å². The fourth-order valence-electron chi connectivity index (χ4n) is 2.90. The molecule has 0 bridgehead atoms. The van der Waals surface area contributed by atoms with Gasteiger partial charge in [0.25, 0.3) is 0 Å². The quantitative estimate of drug-likeness (QED) is 0.841. The van der Waals surface area contributed by atoms with Gasteiger partial charge in [-0.2, -0.15) is 0 Å². The topological polar surface area (TPSA) is 88.9 Å². The second-order valence-electron chi connectivity index (χ2n) is 5.90. The summed E-state index contributed by atoms with van der Waals surface area (Å²) in [4.78, 5) is 24.2. The number of aromatic nitrogens is 3. The molecule has 0 spiro atoms. The standard InChI is InChI=1S/C17H21N5O2/c1-2-22-11-19-21-15(22)10-18-16(23)8-7-13-9-12-5-3-4-6-14(12)20-17(13)24/h3-6,11,13H,2,7-10H2,1H3,(H,18,23)(H,20,24)/t13-/m0/s1. The van der Waals surface area contributed by atoms with Gasteiger partial charge >= 0.3 is 0 Å². The van der Waals surface area contributed by atoms with Gasteiger partial charge in [0.2, 0.25) is 11.8 Å². The van der Waals surface area contributed by atoms with Crippen LogP contribution in [0.15, 0.2) is 30.6 Å². The highest BCUT2D eigenvalue weighted by Gasteiger charge is 2.26. The Bertz CT molecular complexity index is 740. The molecule has 0 unspecified atom stereocenters. The zero-order chi connectivity index (χ0) is 16.9. The molecule has 0 saturated heterocycles. The van der Waals surface area contributed by atoms with E-state index >= 15 is 0 Å². The van der Waals surface area contributed by atoms with E-state index in [0.29, 0.717) is 25.8 Å². The zero-order valence-corrected chi connectivity index (χ0v) is 13.7. The van der Waals surface area contributed by atoms with E-state index in [-0.39, 0.29) is 17.7 Å². The number of nitrogens with zero attached hydrogens (tertiary/aromatic N) is 3. The van der Waals surface area contributed by atoms with Crippen molar-refractivity contribution < 1.29 is 9.59 Å². The Kier molecular flexibility index (Phi) is 4.88. The molecule has 1 aliphatic heterocycles. The van der Waals surface area contributed by atoms with Crippen molar-refractivity contribution in [2.45, 2.75) is 39.3 Å². The molecule has 2 heterocycles. The molecule has 126 valence electrons. The number of carbonyl (C=O) groups is 2. The fourth-order valence-corrected chi connectivity index (χ4v) is 2.90. The van der Waals surface area contributed by atoms with Gasteiger partial charge in [-0.3, -0.25) is 9.59 Å². The number of carbonyl (C=O) groups excluding carboxylic acids is 2. The number of anilines is 1. The van der Waals surface area contributed by atoms with Crippen molar-refractivity contribution in [1.29, 1.82) is 0 Å². The molecule has 3 rings (SSSR count). The van der Waals surface area contributed by atoms with Gasteiger partial charge in [-0.25, -0.2) is 0 Å². The van der Waals surface area contributed by atoms with Crippen LogP contribution in [0.3, 0.4) is 0 Å². The lowest BCUT2D eigenvalue weighted by molar-refractivity contribution is -0.123. The van der Waals surface area contributed by atoms with E-state index in [1.54, 1.807) is 6.33 Å². The lowest BCUT2D eigenvalue weighted by Crippen LogP contribution is -2.31. The van der Waals surface area contributed by atoms with Crippen molar-refractivity contribution in [2.75, 3.05) is 5.32 Å². The summed E-state index contributed by atoms with van der Waals surface area (Å²) >= 11 is 0. The second-order valence-corrected chi connectivity index (χ2v) is 5.90. The zero-order valence-electron chi connectivity index (χ0n) is 13.7. The molecule has 24 heavy (non-hydrogen) atoms. The highest BCUT2D eigenvalue weighted by molar-refractivity contribution is 5.96. The summed E-state index contributed by atoms with van der Waals surface area (Å²) in [6.45, 7) is 3.11. The van der Waals surface area contributed by atoms with Crippen LogP contribution in [-0.4, -0.2) is 26.6 Å². The number of fused-ring (bicyclic) bond motifs is 1. The van der Waals surface area contributed by atoms with Crippen LogP contribution in [0.1, 0.15) is 31.2 Å². The highest BCUT2D eigenvalue weighted by atomic mass is 16.2. The summed E-state index contributed by atoms with van der Waals surface area (Å²) in [6, 6.07) is 7.78. The van der Waals surface area contributed by atoms with Crippen LogP contribution in [0, 0.1) is 5.92 Å². The van der Waals surface area contributed by atoms with Crippen LogP contribution in [0.25, 0.3) is 0 Å². The molecule has 1 aromatic heterocycles. The predicted molar refractivity (Wildman–Crippen MR) is 89.0 cm³/mol. The molecule has 0 fully saturated rings. The minimum absolute atomic E-state index is 0.00720. The molecule has 0 aliphatic carbocycles. The Balaban J connectivity index is 1.49. The van der Waals surface area contributed by atoms with Gasteiger partial charge in [-0.05, 0) is 31.4 Å². The van der Waals surface area contributed by atoms with E-state index in [1.807, 2.05) is 35.8 Å². The van der Waals surface area contributed by atoms with Gasteiger partial charge < -0.3 is 15.2 Å². The normalized spacial score (nSPS) is 16.4. The molecule has 1 atom stereocenters. The van der Waals surface area contributed by atoms with E-state index in [1.165, 1.54) is 0 Å². The first-order chi connectivity index (χ1) is 11.7. The Morgan fingerprint density at radius 2 is 2.25 bits per heavy atom. The molecule has 0 radical (unpaired) electrons. The smallest absolute Gasteiger partial charge is 0.227 e. The van der Waals surface area contributed by atoms with Crippen LogP contribution in [0.5, 0.6) is 0 Å². The summed E-state index contributed by atoms with van der Waals surface area (Å²) in [6.07, 6.45) is 3.18. The summed E-state index contributed by atoms with van der Waals surface area (Å²) in [5, 5.41) is 13.6. The van der Waals surface area contributed by atoms with Crippen LogP contribution in [-0.2, 0) is 29.1 Å². The number of hydrogen-bond donors (Lipinski definition) is 2. The molecule has 1 aliphatic rings. The number of hydrogen-bond acceptors (Lipinski definition) is 4. The van der Waals surface area contributed by atoms with Gasteiger partial charge in [0, 0.05) is 24.6 Å². The third-order valence-corrected chi connectivity index (χ3v) is 4.31. The van der Waals surface area contributed by atoms with Gasteiger partial charge in [0.15, 0.2) is 5.82 Å². The summed E-state index contributed by atoms with van der Waals surface area (Å²) < 4.78 is 1.88. The maximum absolute atomic E-state index is 12.1. The van der Waals surface area contributed by atoms with Crippen LogP contribution < -0.4 is 10.6 Å². The number of benzene rings is 1. The van der Waals surface area contributed by atoms with Gasteiger partial charge in [0.1, 0.15) is 6.33 Å². The number of aryl methyl sites for hydroxylation is 1. The molecule has 7 heteroatoms. The first-order valence-electron chi connectivity index (χ1n) is 8.19. The minimum atomic E-state index is -0.162. The maximum atomic E-state index is 12.1. The van der Waals surface area contributed by atoms with Crippen molar-refractivity contribution in [3.05, 3.63) is 42.0 Å². The highest BCUT2D eigenvalue weighted by Crippen LogP contribution is 2.27. The molecular formula is C17H21N5O2. The molecular weight excluding hydrogens is 306 g/mol. The minimum Gasteiger partial charge on any atom is -0.349 e. The Morgan fingerprint density at radius 3 is 3.08 bits per heavy atom. The van der Waals surface area contributed by atoms with Crippen LogP contribution in [0.2, 0.25) is 0 Å². The van der Waals surface area contributed by atoms with Gasteiger partial charge in [-0.15, -0.1) is 10.2 Å². The number of para-hydroxylation sites is 1. The molecule has 2 aromatic rings. The number of amides is 2. The van der Waals surface area contributed by atoms with Crippen molar-refractivity contribution in [3.63, 3.8) is 0 Å². The van der Waals surface area contributed by atoms with Gasteiger partial charge in [0.05, 0.1) is 6.54 Å². The first kappa shape index (κ1) is 16.2. The van der Waals surface area contributed by atoms with Crippen LogP contribution in [0.4, 0.5) is 5.69 Å². The van der Waals surface area contributed by atoms with Gasteiger partial charge in [-0.1, -0.05) is 18.2 Å². The molecule has 2 amide bonds. The maximum Gasteiger partial charge on any atom is 0.227 e. The Morgan fingerprint density at radius 1 is 1.42 bits per heavy atom. The SMILES string of the molecule is CCn1cnnc1CNC(=O)CC[C@H]1Cc2ccccc2NC1=O. The molecule has 2 N–H and O–H groups in total. The predicted octanol–water partition coefficient (Wildman–Crippen LogP) is 1.51. The average molecular weight is 327 g/mol. The van der Waals surface area contributed by atoms with Crippen molar-refractivity contribution >= 4 is 17.5 Å². The average Bonchev–Trinajstić information content (AvgIpc) is 3.05. The lowest BCUT2D eigenvalue weighted by Gasteiger charge is -2.24. The lowest BCUT2D eigenvalue weighted by atomic mass is 9.89. The van der Waals surface area contributed by atoms with E-state index in [0.717, 1.165) is 23.6 Å². The summed E-state index contributed by atoms with van der Waals surface area (Å²) in [7, 11) is 0. The van der Waals surface area contributed by atoms with E-state index < -0.39 is 0 Å². The van der Waals surface area contributed by atoms with E-state index in [4.69, 9.17) is 0 Å². The molecule has 0 saturated carbocycles. The number of nitrogens with one attached hydrogen (secondary N) is 2. The first-order valence-corrected chi connectivity index (χ1v) is 8.19. The Hall–Kier alpha value is -2.70. The van der Waals surface area contributed by atoms with E-state index in [9.17, 15) is 9.59 Å². The van der Waals surface area contributed by atoms with Crippen molar-refractivity contribution in [3.8, 4) is 0 Å². The van der Waals surface area contributed by atoms with Crippen molar-refractivity contribution in [2.24, 2.45) is 5.92 Å². The second kappa shape index (κ2) is 7.25. The van der Waals surface area contributed by atoms with Crippen molar-refractivity contribution in [1.82, 2.24) is 20.1 Å². The third kappa shape index (κ3) is 3.61. The summed E-state index contributed by atoms with van der Waals surface area (Å²) in [5.74, 6) is 0.486. The molecule has 1 aromatic carbocycles. The summed E-state index contributed by atoms with van der Waals surface area (Å²) in [5.41, 5.74) is 2.00. The Labute approximate surface area is 140 Å². The third-order valence-electron chi connectivity index (χ3n) is 4.31. The number of rotatable bonds is 6. The largest absolute Gasteiger partial charge is 0.349 e. The monoisotopic (exact) mass is 327 g/mol. The fraction of sp³-hybridized carbons (Fsp3) is 0.412. The van der Waals surface area contributed by atoms with Crippen LogP contribution >= 0.6 is 0 Å². The molecule has 7 nitrogen and oxygen atoms in total.